The van der Waals surface area contributed by atoms with Crippen LogP contribution in [0.25, 0.3) is 11.1 Å². The maximum atomic E-state index is 2.74. The number of allylic oxidation sites excluding steroid dienone is 3. The molecule has 0 radical (unpaired) electrons. The van der Waals surface area contributed by atoms with Crippen LogP contribution in [0.4, 0.5) is 0 Å². The van der Waals surface area contributed by atoms with Gasteiger partial charge in [-0.25, -0.2) is 0 Å². The van der Waals surface area contributed by atoms with Crippen molar-refractivity contribution in [3.8, 4) is 0 Å². The van der Waals surface area contributed by atoms with Gasteiger partial charge in [-0.15, -0.1) is 0 Å². The van der Waals surface area contributed by atoms with E-state index in [1.165, 1.54) is 23.6 Å². The molecule has 3 heterocycles. The lowest BCUT2D eigenvalue weighted by molar-refractivity contribution is 1.19. The second kappa shape index (κ2) is 9.69. The molecule has 0 saturated carbocycles. The Morgan fingerprint density at radius 1 is 0.686 bits per heavy atom. The second-order valence-electron chi connectivity index (χ2n) is 12.3. The maximum absolute atomic E-state index is 2.74. The average molecular weight is 567 g/mol. The van der Waals surface area contributed by atoms with Crippen molar-refractivity contribution >= 4 is 69.4 Å². The van der Waals surface area contributed by atoms with Crippen LogP contribution in [0.15, 0.2) is 74.0 Å². The predicted octanol–water partition coefficient (Wildman–Crippen LogP) is 9.35. The van der Waals surface area contributed by atoms with E-state index in [4.69, 9.17) is 0 Å². The number of hydrogen-bond donors (Lipinski definition) is 0. The molecule has 1 aliphatic heterocycles. The molecular formula is C29H42S2Si4. The van der Waals surface area contributed by atoms with Crippen LogP contribution in [-0.4, -0.2) is 30.4 Å². The van der Waals surface area contributed by atoms with Crippen LogP contribution in [-0.2, 0) is 0 Å². The van der Waals surface area contributed by atoms with Crippen LogP contribution < -0.4 is 5.19 Å². The molecule has 0 amide bonds. The van der Waals surface area contributed by atoms with Gasteiger partial charge < -0.3 is 0 Å². The molecule has 0 bridgehead atoms. The van der Waals surface area contributed by atoms with Gasteiger partial charge >= 0.3 is 0 Å². The van der Waals surface area contributed by atoms with E-state index >= 15 is 0 Å². The Hall–Kier alpha value is -1.03. The minimum absolute atomic E-state index is 1.20. The molecule has 6 heteroatoms. The fraction of sp³-hybridized carbons (Fsp3) is 0.379. The molecule has 0 fully saturated rings. The van der Waals surface area contributed by atoms with Gasteiger partial charge in [-0.05, 0) is 62.3 Å². The Morgan fingerprint density at radius 3 is 1.60 bits per heavy atom. The van der Waals surface area contributed by atoms with Crippen molar-refractivity contribution in [1.29, 1.82) is 0 Å². The van der Waals surface area contributed by atoms with E-state index in [2.05, 4.69) is 124 Å². The van der Waals surface area contributed by atoms with E-state index in [1.807, 2.05) is 32.7 Å². The minimum Gasteiger partial charge on any atom is -0.152 e. The van der Waals surface area contributed by atoms with Crippen LogP contribution in [0.5, 0.6) is 0 Å². The largest absolute Gasteiger partial charge is 0.152 e. The number of rotatable bonds is 8. The second-order valence-corrected chi connectivity index (χ2v) is 45.4. The molecule has 4 rings (SSSR count). The van der Waals surface area contributed by atoms with Crippen LogP contribution in [0, 0.1) is 0 Å². The third-order valence-electron chi connectivity index (χ3n) is 8.52. The lowest BCUT2D eigenvalue weighted by Crippen LogP contribution is -2.77. The highest BCUT2D eigenvalue weighted by Crippen LogP contribution is 2.58. The standard InChI is InChI=1S/C29H42S2Si4/c1-10-26-27(23-17-19-30-21-23)28(24-18-20-31-22-24)29(35(26,32(3,4)5)33(6,7)8)34(9,11-2)25-15-13-12-14-16-25/h12-22H,10-11H2,1-9H3. The Kier molecular flexibility index (Phi) is 7.48. The molecule has 1 atom stereocenters. The molecule has 0 saturated heterocycles. The molecule has 35 heavy (non-hydrogen) atoms. The average Bonchev–Trinajstić information content (AvgIpc) is 3.56. The zero-order chi connectivity index (χ0) is 25.6. The molecule has 1 aliphatic rings. The van der Waals surface area contributed by atoms with Gasteiger partial charge in [0.25, 0.3) is 0 Å². The summed E-state index contributed by atoms with van der Waals surface area (Å²) in [5, 5.41) is 13.0. The summed E-state index contributed by atoms with van der Waals surface area (Å²) in [4.78, 5) is 2.02. The molecule has 3 aromatic rings. The van der Waals surface area contributed by atoms with Gasteiger partial charge in [0.05, 0.1) is 7.11 Å². The highest BCUT2D eigenvalue weighted by molar-refractivity contribution is 7.76. The van der Waals surface area contributed by atoms with Crippen molar-refractivity contribution in [2.45, 2.75) is 72.1 Å². The first-order chi connectivity index (χ1) is 16.4. The van der Waals surface area contributed by atoms with E-state index in [-0.39, 0.29) is 0 Å². The highest BCUT2D eigenvalue weighted by Gasteiger charge is 2.65. The van der Waals surface area contributed by atoms with Gasteiger partial charge in [-0.1, -0.05) is 111 Å². The number of hydrogen-bond acceptors (Lipinski definition) is 2. The zero-order valence-electron chi connectivity index (χ0n) is 23.1. The summed E-state index contributed by atoms with van der Waals surface area (Å²) in [6.07, 6.45) is 1.20. The fourth-order valence-corrected chi connectivity index (χ4v) is 75.2. The summed E-state index contributed by atoms with van der Waals surface area (Å²) in [7, 11) is -7.14. The molecule has 0 N–H and O–H groups in total. The third-order valence-corrected chi connectivity index (χ3v) is 55.9. The van der Waals surface area contributed by atoms with Gasteiger partial charge in [0.15, 0.2) is 0 Å². The first-order valence-electron chi connectivity index (χ1n) is 13.0. The zero-order valence-corrected chi connectivity index (χ0v) is 28.7. The fourth-order valence-electron chi connectivity index (χ4n) is 7.47. The Bertz CT molecular complexity index is 1210. The third kappa shape index (κ3) is 4.09. The molecule has 0 aliphatic carbocycles. The smallest absolute Gasteiger partial charge is 0.106 e. The van der Waals surface area contributed by atoms with E-state index in [0.29, 0.717) is 0 Å². The first kappa shape index (κ1) is 27.0. The topological polar surface area (TPSA) is 0 Å². The molecule has 1 aromatic carbocycles. The maximum Gasteiger partial charge on any atom is 0.106 e. The summed E-state index contributed by atoms with van der Waals surface area (Å²) >= 11 is 3.72. The van der Waals surface area contributed by atoms with Crippen molar-refractivity contribution in [3.05, 3.63) is 85.1 Å². The van der Waals surface area contributed by atoms with Crippen molar-refractivity contribution < 1.29 is 0 Å². The lowest BCUT2D eigenvalue weighted by atomic mass is 9.96. The van der Waals surface area contributed by atoms with Gasteiger partial charge in [0, 0.05) is 15.2 Å². The van der Waals surface area contributed by atoms with Gasteiger partial charge in [0.1, 0.15) is 8.07 Å². The quantitative estimate of drug-likeness (QED) is 0.238. The van der Waals surface area contributed by atoms with E-state index in [0.717, 1.165) is 0 Å². The van der Waals surface area contributed by atoms with Crippen molar-refractivity contribution in [2.75, 3.05) is 0 Å². The van der Waals surface area contributed by atoms with Crippen LogP contribution in [0.1, 0.15) is 31.4 Å². The minimum atomic E-state index is -1.98. The Labute approximate surface area is 225 Å². The van der Waals surface area contributed by atoms with Crippen LogP contribution >= 0.6 is 22.7 Å². The summed E-state index contributed by atoms with van der Waals surface area (Å²) in [5.74, 6) is 0. The van der Waals surface area contributed by atoms with Crippen molar-refractivity contribution in [2.24, 2.45) is 0 Å². The number of thiophene rings is 2. The molecule has 1 unspecified atom stereocenters. The van der Waals surface area contributed by atoms with Crippen molar-refractivity contribution in [3.63, 3.8) is 0 Å². The van der Waals surface area contributed by atoms with Gasteiger partial charge in [-0.2, -0.15) is 22.7 Å². The summed E-state index contributed by atoms with van der Waals surface area (Å²) in [5.41, 5.74) is 6.31. The number of benzene rings is 1. The summed E-state index contributed by atoms with van der Waals surface area (Å²) in [6.45, 7) is 24.2. The predicted molar refractivity (Wildman–Crippen MR) is 173 cm³/mol. The molecule has 2 aromatic heterocycles. The van der Waals surface area contributed by atoms with E-state index < -0.39 is 30.4 Å². The first-order valence-corrected chi connectivity index (χ1v) is 28.6. The Morgan fingerprint density at radius 2 is 1.20 bits per heavy atom. The monoisotopic (exact) mass is 566 g/mol. The normalized spacial score (nSPS) is 18.3. The molecule has 0 nitrogen and oxygen atoms in total. The van der Waals surface area contributed by atoms with E-state index in [9.17, 15) is 0 Å². The lowest BCUT2D eigenvalue weighted by Gasteiger charge is -2.55. The van der Waals surface area contributed by atoms with Crippen LogP contribution in [0.2, 0.25) is 51.9 Å². The SMILES string of the molecule is CCC1=C(c2ccsc2)C(c2ccsc2)=C([Si](C)(CC)c2ccccc2)[Si]1([Si](C)(C)C)[Si](C)(C)C. The van der Waals surface area contributed by atoms with Crippen LogP contribution in [0.3, 0.4) is 0 Å². The summed E-state index contributed by atoms with van der Waals surface area (Å²) in [6, 6.07) is 17.8. The molecule has 0 spiro atoms. The molecule has 186 valence electrons. The van der Waals surface area contributed by atoms with E-state index in [1.54, 1.807) is 16.3 Å². The molecular weight excluding hydrogens is 525 g/mol. The Balaban J connectivity index is 2.30. The van der Waals surface area contributed by atoms with Gasteiger partial charge in [-0.3, -0.25) is 0 Å². The van der Waals surface area contributed by atoms with Crippen molar-refractivity contribution in [1.82, 2.24) is 0 Å². The highest BCUT2D eigenvalue weighted by atomic mass is 32.1. The summed E-state index contributed by atoms with van der Waals surface area (Å²) < 4.78 is 0. The van der Waals surface area contributed by atoms with Gasteiger partial charge in [0.2, 0.25) is 0 Å².